The predicted molar refractivity (Wildman–Crippen MR) is 133 cm³/mol. The lowest BCUT2D eigenvalue weighted by molar-refractivity contribution is -0.587. The number of amides is 1. The van der Waals surface area contributed by atoms with Crippen LogP contribution >= 0.6 is 0 Å². The van der Waals surface area contributed by atoms with Crippen LogP contribution in [0.15, 0.2) is 30.6 Å². The number of ether oxygens (including phenoxy) is 2. The van der Waals surface area contributed by atoms with Gasteiger partial charge in [0.15, 0.2) is 5.69 Å². The molecule has 1 amide bonds. The third-order valence-electron chi connectivity index (χ3n) is 6.00. The van der Waals surface area contributed by atoms with E-state index in [1.807, 2.05) is 19.2 Å². The quantitative estimate of drug-likeness (QED) is 0.309. The molecule has 1 fully saturated rings. The number of nitrogens with zero attached hydrogens (tertiary/aromatic N) is 3. The minimum absolute atomic E-state index is 0.0700. The Morgan fingerprint density at radius 3 is 2.71 bits per heavy atom. The van der Waals surface area contributed by atoms with Gasteiger partial charge in [0.2, 0.25) is 0 Å². The molecule has 35 heavy (non-hydrogen) atoms. The largest absolute Gasteiger partial charge is 0.464 e. The number of anilines is 1. The molecule has 0 atom stereocenters. The van der Waals surface area contributed by atoms with E-state index in [2.05, 4.69) is 20.7 Å². The minimum atomic E-state index is -0.606. The highest BCUT2D eigenvalue weighted by Gasteiger charge is 2.24. The maximum absolute atomic E-state index is 13.0. The third-order valence-corrected chi connectivity index (χ3v) is 6.00. The van der Waals surface area contributed by atoms with Crippen molar-refractivity contribution in [1.29, 1.82) is 0 Å². The van der Waals surface area contributed by atoms with E-state index in [4.69, 9.17) is 15.2 Å². The van der Waals surface area contributed by atoms with Crippen molar-refractivity contribution in [3.63, 3.8) is 0 Å². The lowest BCUT2D eigenvalue weighted by Gasteiger charge is -2.22. The van der Waals surface area contributed by atoms with Crippen molar-refractivity contribution < 1.29 is 24.4 Å². The van der Waals surface area contributed by atoms with Crippen LogP contribution in [0, 0.1) is 0 Å². The molecule has 0 radical (unpaired) electrons. The molecule has 10 nitrogen and oxygen atoms in total. The average molecular weight is 486 g/mol. The second-order valence-electron chi connectivity index (χ2n) is 8.65. The number of carbonyl (C=O) groups is 2. The molecule has 0 aliphatic carbocycles. The number of rotatable bonds is 12. The number of unbranched alkanes of at least 4 members (excludes halogenated alkanes) is 3. The Morgan fingerprint density at radius 2 is 1.97 bits per heavy atom. The van der Waals surface area contributed by atoms with Crippen LogP contribution < -0.4 is 16.4 Å². The van der Waals surface area contributed by atoms with Crippen LogP contribution in [0.3, 0.4) is 0 Å². The Morgan fingerprint density at radius 1 is 1.23 bits per heavy atom. The second-order valence-corrected chi connectivity index (χ2v) is 8.65. The van der Waals surface area contributed by atoms with E-state index in [-0.39, 0.29) is 17.4 Å². The molecule has 5 N–H and O–H groups in total. The van der Waals surface area contributed by atoms with Crippen LogP contribution in [0.5, 0.6) is 0 Å². The number of allylic oxidation sites excluding steroid dienone is 1. The standard InChI is InChI=1S/C25H36N6O4/c1-18(16-27-13-6-4-3-5-12-26)20-8-7-9-21(28-20)24(32)29-22-17-31(19-10-14-35-15-11-19)30-23(22)25(33)34-2/h7-9,16-17,19,27H,3-6,10-15,26H2,1-2H3,(H,29,32)/p+1. The lowest BCUT2D eigenvalue weighted by Crippen LogP contribution is -2.78. The fraction of sp³-hybridized carbons (Fsp3) is 0.520. The van der Waals surface area contributed by atoms with E-state index in [9.17, 15) is 9.59 Å². The first-order chi connectivity index (χ1) is 17.0. The Bertz CT molecular complexity index is 1010. The summed E-state index contributed by atoms with van der Waals surface area (Å²) in [6, 6.07) is 5.42. The summed E-state index contributed by atoms with van der Waals surface area (Å²) in [4.78, 5) is 29.8. The number of nitrogens with two attached hydrogens (primary N) is 2. The predicted octanol–water partition coefficient (Wildman–Crippen LogP) is 2.11. The number of pyridine rings is 1. The summed E-state index contributed by atoms with van der Waals surface area (Å²) in [5.74, 6) is -1.02. The molecule has 2 aromatic rings. The van der Waals surface area contributed by atoms with Gasteiger partial charge in [-0.3, -0.25) is 9.48 Å². The van der Waals surface area contributed by atoms with Crippen LogP contribution in [-0.4, -0.2) is 60.1 Å². The van der Waals surface area contributed by atoms with Crippen molar-refractivity contribution in [3.8, 4) is 0 Å². The first kappa shape index (κ1) is 26.5. The number of nitrogens with one attached hydrogen (secondary N) is 1. The Balaban J connectivity index is 1.66. The zero-order chi connectivity index (χ0) is 25.0. The van der Waals surface area contributed by atoms with E-state index in [1.165, 1.54) is 13.5 Å². The highest BCUT2D eigenvalue weighted by molar-refractivity contribution is 6.06. The summed E-state index contributed by atoms with van der Waals surface area (Å²) in [5.41, 5.74) is 7.86. The van der Waals surface area contributed by atoms with Gasteiger partial charge in [-0.05, 0) is 57.7 Å². The first-order valence-corrected chi connectivity index (χ1v) is 12.3. The van der Waals surface area contributed by atoms with E-state index < -0.39 is 11.9 Å². The summed E-state index contributed by atoms with van der Waals surface area (Å²) in [7, 11) is 1.29. The van der Waals surface area contributed by atoms with Crippen LogP contribution in [0.1, 0.15) is 78.2 Å². The highest BCUT2D eigenvalue weighted by atomic mass is 16.5. The lowest BCUT2D eigenvalue weighted by atomic mass is 10.1. The van der Waals surface area contributed by atoms with Gasteiger partial charge in [0, 0.05) is 25.0 Å². The van der Waals surface area contributed by atoms with Gasteiger partial charge in [0.25, 0.3) is 5.91 Å². The number of aromatic nitrogens is 3. The normalized spacial score (nSPS) is 14.7. The maximum Gasteiger partial charge on any atom is 0.360 e. The Hall–Kier alpha value is -3.08. The highest BCUT2D eigenvalue weighted by Crippen LogP contribution is 2.25. The van der Waals surface area contributed by atoms with Crippen molar-refractivity contribution in [2.24, 2.45) is 5.73 Å². The molecular formula is C25H37N6O4+. The number of hydrogen-bond acceptors (Lipinski definition) is 7. The molecule has 0 bridgehead atoms. The van der Waals surface area contributed by atoms with Gasteiger partial charge in [-0.25, -0.2) is 9.78 Å². The van der Waals surface area contributed by atoms with E-state index >= 15 is 0 Å². The number of esters is 1. The summed E-state index contributed by atoms with van der Waals surface area (Å²) in [6.45, 7) is 4.99. The van der Waals surface area contributed by atoms with Crippen molar-refractivity contribution in [2.45, 2.75) is 51.5 Å². The molecule has 2 aromatic heterocycles. The van der Waals surface area contributed by atoms with Crippen LogP contribution in [0.4, 0.5) is 5.69 Å². The smallest absolute Gasteiger partial charge is 0.360 e. The van der Waals surface area contributed by atoms with Crippen molar-refractivity contribution in [3.05, 3.63) is 47.7 Å². The first-order valence-electron chi connectivity index (χ1n) is 12.3. The molecule has 0 spiro atoms. The molecule has 0 saturated carbocycles. The van der Waals surface area contributed by atoms with Crippen LogP contribution in [0.25, 0.3) is 5.57 Å². The summed E-state index contributed by atoms with van der Waals surface area (Å²) >= 11 is 0. The molecular weight excluding hydrogens is 448 g/mol. The molecule has 0 unspecified atom stereocenters. The van der Waals surface area contributed by atoms with Crippen molar-refractivity contribution in [1.82, 2.24) is 14.8 Å². The zero-order valence-electron chi connectivity index (χ0n) is 20.7. The molecule has 3 rings (SSSR count). The number of carbonyl (C=O) groups excluding carboxylic acids is 2. The van der Waals surface area contributed by atoms with Gasteiger partial charge in [0.05, 0.1) is 37.3 Å². The summed E-state index contributed by atoms with van der Waals surface area (Å²) in [6.07, 6.45) is 9.84. The van der Waals surface area contributed by atoms with Gasteiger partial charge in [-0.1, -0.05) is 12.5 Å². The molecule has 1 saturated heterocycles. The average Bonchev–Trinajstić information content (AvgIpc) is 3.31. The summed E-state index contributed by atoms with van der Waals surface area (Å²) < 4.78 is 12.0. The van der Waals surface area contributed by atoms with Gasteiger partial charge in [-0.2, -0.15) is 5.10 Å². The fourth-order valence-electron chi connectivity index (χ4n) is 3.94. The molecule has 1 aliphatic rings. The topological polar surface area (TPSA) is 138 Å². The van der Waals surface area contributed by atoms with E-state index in [0.29, 0.717) is 18.9 Å². The van der Waals surface area contributed by atoms with Gasteiger partial charge in [0.1, 0.15) is 5.69 Å². The zero-order valence-corrected chi connectivity index (χ0v) is 20.7. The van der Waals surface area contributed by atoms with Crippen molar-refractivity contribution >= 4 is 23.1 Å². The molecule has 1 aliphatic heterocycles. The van der Waals surface area contributed by atoms with E-state index in [1.54, 1.807) is 23.0 Å². The van der Waals surface area contributed by atoms with Crippen molar-refractivity contribution in [2.75, 3.05) is 38.7 Å². The maximum atomic E-state index is 13.0. The number of quaternary nitrogens is 1. The summed E-state index contributed by atoms with van der Waals surface area (Å²) in [5, 5.41) is 9.32. The molecule has 3 heterocycles. The number of hydrogen-bond donors (Lipinski definition) is 3. The molecule has 190 valence electrons. The third kappa shape index (κ3) is 7.71. The Labute approximate surface area is 206 Å². The Kier molecular flexibility index (Phi) is 10.4. The van der Waals surface area contributed by atoms with Crippen LogP contribution in [0.2, 0.25) is 0 Å². The van der Waals surface area contributed by atoms with Gasteiger partial charge in [-0.15, -0.1) is 0 Å². The second kappa shape index (κ2) is 13.7. The van der Waals surface area contributed by atoms with Gasteiger partial charge >= 0.3 is 5.97 Å². The van der Waals surface area contributed by atoms with Crippen LogP contribution in [-0.2, 0) is 9.47 Å². The fourth-order valence-corrected chi connectivity index (χ4v) is 3.94. The molecule has 10 heteroatoms. The van der Waals surface area contributed by atoms with E-state index in [0.717, 1.165) is 56.5 Å². The minimum Gasteiger partial charge on any atom is -0.464 e. The van der Waals surface area contributed by atoms with Gasteiger partial charge < -0.3 is 25.8 Å². The number of methoxy groups -OCH3 is 1. The SMILES string of the molecule is COC(=O)c1nn(C2CCOCC2)cc1NC(=O)c1cccc(C(C)=C[NH2+]CCCCCCN)n1. The molecule has 0 aromatic carbocycles. The monoisotopic (exact) mass is 485 g/mol.